The summed E-state index contributed by atoms with van der Waals surface area (Å²) in [5, 5.41) is 20.1. The van der Waals surface area contributed by atoms with E-state index in [-0.39, 0.29) is 23.1 Å². The first-order valence-electron chi connectivity index (χ1n) is 15.2. The molecule has 3 heteroatoms. The number of carbonyl (C=O) groups excluding carboxylic acids is 1. The zero-order valence-corrected chi connectivity index (χ0v) is 28.0. The lowest BCUT2D eigenvalue weighted by atomic mass is 9.71. The molecular weight excluding hydrogens is 528 g/mol. The summed E-state index contributed by atoms with van der Waals surface area (Å²) in [5.41, 5.74) is 8.06. The number of Topliss-reactive ketones (excluding diaryl/α,β-unsaturated/α-hetero) is 1. The van der Waals surface area contributed by atoms with Crippen LogP contribution in [0.5, 0.6) is 0 Å². The lowest BCUT2D eigenvalue weighted by molar-refractivity contribution is -0.114. The van der Waals surface area contributed by atoms with Crippen LogP contribution < -0.4 is 0 Å². The number of allylic oxidation sites excluding steroid dienone is 22. The molecule has 0 amide bonds. The minimum atomic E-state index is -0.398. The quantitative estimate of drug-likeness (QED) is 0.253. The Kier molecular flexibility index (Phi) is 13.0. The van der Waals surface area contributed by atoms with Gasteiger partial charge < -0.3 is 10.2 Å². The van der Waals surface area contributed by atoms with Crippen molar-refractivity contribution in [3.63, 3.8) is 0 Å². The lowest BCUT2D eigenvalue weighted by Crippen LogP contribution is -2.27. The molecule has 0 radical (unpaired) electrons. The van der Waals surface area contributed by atoms with Crippen LogP contribution in [0.1, 0.15) is 82.1 Å². The molecule has 43 heavy (non-hydrogen) atoms. The molecule has 0 aliphatic heterocycles. The molecule has 0 aromatic heterocycles. The van der Waals surface area contributed by atoms with E-state index < -0.39 is 5.41 Å². The zero-order chi connectivity index (χ0) is 32.4. The van der Waals surface area contributed by atoms with Crippen molar-refractivity contribution in [2.45, 2.75) is 88.2 Å². The summed E-state index contributed by atoms with van der Waals surface area (Å²) in [4.78, 5) is 12.2. The van der Waals surface area contributed by atoms with Crippen LogP contribution in [0.3, 0.4) is 0 Å². The van der Waals surface area contributed by atoms with Crippen molar-refractivity contribution in [1.82, 2.24) is 0 Å². The SMILES string of the molecule is CC1=C(/C=C/C(C)=C/C=C/C(C)=C/C=C/C=C(C)/C=C/C=C(C)/C=C/C2=C(C)C(O)CCC2(C)C)C(C)(C)C=C(O)C1=O. The van der Waals surface area contributed by atoms with Crippen LogP contribution in [0, 0.1) is 10.8 Å². The average molecular weight is 581 g/mol. The molecule has 0 fully saturated rings. The van der Waals surface area contributed by atoms with Crippen LogP contribution in [0.2, 0.25) is 0 Å². The number of hydrogen-bond acceptors (Lipinski definition) is 3. The largest absolute Gasteiger partial charge is 0.504 e. The molecule has 230 valence electrons. The number of rotatable bonds is 10. The highest BCUT2D eigenvalue weighted by molar-refractivity contribution is 6.08. The van der Waals surface area contributed by atoms with Gasteiger partial charge >= 0.3 is 0 Å². The van der Waals surface area contributed by atoms with Crippen LogP contribution in [-0.2, 0) is 4.79 Å². The fourth-order valence-corrected chi connectivity index (χ4v) is 5.31. The normalized spacial score (nSPS) is 22.9. The smallest absolute Gasteiger partial charge is 0.222 e. The molecule has 1 atom stereocenters. The summed E-state index contributed by atoms with van der Waals surface area (Å²) in [6.07, 6.45) is 32.0. The van der Waals surface area contributed by atoms with Gasteiger partial charge in [-0.3, -0.25) is 4.79 Å². The lowest BCUT2D eigenvalue weighted by Gasteiger charge is -2.35. The van der Waals surface area contributed by atoms with Crippen LogP contribution in [-0.4, -0.2) is 22.1 Å². The second-order valence-corrected chi connectivity index (χ2v) is 13.1. The van der Waals surface area contributed by atoms with Gasteiger partial charge in [0.2, 0.25) is 5.78 Å². The van der Waals surface area contributed by atoms with Crippen LogP contribution in [0.25, 0.3) is 0 Å². The number of aliphatic hydroxyl groups excluding tert-OH is 2. The summed E-state index contributed by atoms with van der Waals surface area (Å²) in [6.45, 7) is 20.6. The first kappa shape index (κ1) is 35.5. The molecule has 2 N–H and O–H groups in total. The Hall–Kier alpha value is -3.69. The fraction of sp³-hybridized carbons (Fsp3) is 0.375. The summed E-state index contributed by atoms with van der Waals surface area (Å²) in [7, 11) is 0. The number of aliphatic hydroxyl groups is 2. The standard InChI is InChI=1S/C40H52O3/c1-28(17-13-19-30(3)21-23-34-32(5)36(41)25-26-39(34,7)8)15-11-12-16-29(2)18-14-20-31(4)22-24-35-33(6)38(43)37(42)27-40(35,9)10/h11-24,27,36,41-42H,25-26H2,1-10H3/b12-11+,17-13+,18-14+,23-21+,24-22+,28-15+,29-16+,30-19+,31-20+. The van der Waals surface area contributed by atoms with Gasteiger partial charge in [-0.2, -0.15) is 0 Å². The van der Waals surface area contributed by atoms with E-state index in [4.69, 9.17) is 0 Å². The minimum absolute atomic E-state index is 0.0924. The van der Waals surface area contributed by atoms with Crippen molar-refractivity contribution in [2.24, 2.45) is 10.8 Å². The second-order valence-electron chi connectivity index (χ2n) is 13.1. The molecule has 0 heterocycles. The van der Waals surface area contributed by atoms with Gasteiger partial charge in [-0.1, -0.05) is 135 Å². The van der Waals surface area contributed by atoms with Crippen molar-refractivity contribution < 1.29 is 15.0 Å². The van der Waals surface area contributed by atoms with Crippen molar-refractivity contribution in [3.05, 3.63) is 141 Å². The molecule has 0 aromatic rings. The molecule has 2 rings (SSSR count). The summed E-state index contributed by atoms with van der Waals surface area (Å²) in [6, 6.07) is 0. The maximum atomic E-state index is 12.2. The highest BCUT2D eigenvalue weighted by atomic mass is 16.3. The van der Waals surface area contributed by atoms with Crippen molar-refractivity contribution >= 4 is 5.78 Å². The molecule has 1 unspecified atom stereocenters. The van der Waals surface area contributed by atoms with E-state index in [1.807, 2.05) is 64.2 Å². The molecular formula is C40H52O3. The molecule has 0 saturated heterocycles. The van der Waals surface area contributed by atoms with Gasteiger partial charge in [0.05, 0.1) is 6.10 Å². The monoisotopic (exact) mass is 580 g/mol. The van der Waals surface area contributed by atoms with Crippen LogP contribution in [0.4, 0.5) is 0 Å². The molecule has 0 aromatic carbocycles. The van der Waals surface area contributed by atoms with E-state index in [0.717, 1.165) is 40.7 Å². The van der Waals surface area contributed by atoms with Gasteiger partial charge in [-0.15, -0.1) is 0 Å². The van der Waals surface area contributed by atoms with Crippen molar-refractivity contribution in [2.75, 3.05) is 0 Å². The Bertz CT molecular complexity index is 1430. The summed E-state index contributed by atoms with van der Waals surface area (Å²) < 4.78 is 0. The third-order valence-electron chi connectivity index (χ3n) is 8.16. The van der Waals surface area contributed by atoms with Crippen LogP contribution >= 0.6 is 0 Å². The van der Waals surface area contributed by atoms with Crippen LogP contribution in [0.15, 0.2) is 141 Å². The van der Waals surface area contributed by atoms with Gasteiger partial charge in [0, 0.05) is 11.0 Å². The molecule has 2 aliphatic rings. The Morgan fingerprint density at radius 1 is 0.744 bits per heavy atom. The average Bonchev–Trinajstić information content (AvgIpc) is 2.91. The van der Waals surface area contributed by atoms with Crippen molar-refractivity contribution in [3.8, 4) is 0 Å². The predicted molar refractivity (Wildman–Crippen MR) is 185 cm³/mol. The van der Waals surface area contributed by atoms with E-state index in [1.54, 1.807) is 13.0 Å². The van der Waals surface area contributed by atoms with Gasteiger partial charge in [0.1, 0.15) is 0 Å². The van der Waals surface area contributed by atoms with E-state index in [2.05, 4.69) is 83.2 Å². The third-order valence-corrected chi connectivity index (χ3v) is 8.16. The first-order chi connectivity index (χ1) is 20.0. The highest BCUT2D eigenvalue weighted by Crippen LogP contribution is 2.41. The van der Waals surface area contributed by atoms with E-state index in [9.17, 15) is 15.0 Å². The zero-order valence-electron chi connectivity index (χ0n) is 28.0. The Morgan fingerprint density at radius 2 is 1.19 bits per heavy atom. The van der Waals surface area contributed by atoms with Gasteiger partial charge in [0.15, 0.2) is 5.76 Å². The van der Waals surface area contributed by atoms with Crippen molar-refractivity contribution in [1.29, 1.82) is 0 Å². The maximum absolute atomic E-state index is 12.2. The minimum Gasteiger partial charge on any atom is -0.504 e. The summed E-state index contributed by atoms with van der Waals surface area (Å²) >= 11 is 0. The fourth-order valence-electron chi connectivity index (χ4n) is 5.31. The van der Waals surface area contributed by atoms with Gasteiger partial charge in [-0.25, -0.2) is 0 Å². The maximum Gasteiger partial charge on any atom is 0.222 e. The molecule has 0 spiro atoms. The second kappa shape index (κ2) is 15.7. The summed E-state index contributed by atoms with van der Waals surface area (Å²) in [5.74, 6) is -0.477. The first-order valence-corrected chi connectivity index (χ1v) is 15.2. The van der Waals surface area contributed by atoms with E-state index in [1.165, 1.54) is 11.1 Å². The topological polar surface area (TPSA) is 57.5 Å². The Balaban J connectivity index is 1.94. The molecule has 3 nitrogen and oxygen atoms in total. The van der Waals surface area contributed by atoms with E-state index >= 15 is 0 Å². The predicted octanol–water partition coefficient (Wildman–Crippen LogP) is 10.4. The third kappa shape index (κ3) is 10.8. The molecule has 2 aliphatic carbocycles. The Labute approximate surface area is 260 Å². The number of carbonyl (C=O) groups is 1. The molecule has 0 saturated carbocycles. The number of hydrogen-bond donors (Lipinski definition) is 2. The van der Waals surface area contributed by atoms with E-state index in [0.29, 0.717) is 5.57 Å². The molecule has 0 bridgehead atoms. The Morgan fingerprint density at radius 3 is 1.70 bits per heavy atom. The van der Waals surface area contributed by atoms with Gasteiger partial charge in [-0.05, 0) is 82.6 Å². The van der Waals surface area contributed by atoms with Gasteiger partial charge in [0.25, 0.3) is 0 Å². The highest BCUT2D eigenvalue weighted by Gasteiger charge is 2.31. The number of ketones is 1.